The first-order valence-corrected chi connectivity index (χ1v) is 7.76. The molecule has 0 rings (SSSR count). The Bertz CT molecular complexity index is 266. The minimum Gasteiger partial charge on any atom is -0.481 e. The number of rotatable bonds is 12. The van der Waals surface area contributed by atoms with Crippen LogP contribution in [0.4, 0.5) is 0 Å². The summed E-state index contributed by atoms with van der Waals surface area (Å²) in [6.07, 6.45) is 18.0. The second-order valence-corrected chi connectivity index (χ2v) is 5.12. The smallest absolute Gasteiger partial charge is 0.306 e. The summed E-state index contributed by atoms with van der Waals surface area (Å²) in [5.74, 6) is -0.879. The molecule has 0 fully saturated rings. The Morgan fingerprint density at radius 3 is 2.32 bits per heavy atom. The Hall–Kier alpha value is -1.05. The van der Waals surface area contributed by atoms with Gasteiger partial charge in [-0.05, 0) is 25.7 Å². The average molecular weight is 266 g/mol. The van der Waals surface area contributed by atoms with Crippen molar-refractivity contribution < 1.29 is 9.90 Å². The number of aliphatic carboxylic acids is 1. The third-order valence-corrected chi connectivity index (χ3v) is 3.28. The summed E-state index contributed by atoms with van der Waals surface area (Å²) in [5, 5.41) is 9.07. The zero-order valence-electron chi connectivity index (χ0n) is 12.6. The van der Waals surface area contributed by atoms with Crippen LogP contribution in [-0.2, 0) is 4.79 Å². The van der Waals surface area contributed by atoms with Crippen molar-refractivity contribution in [1.29, 1.82) is 0 Å². The van der Waals surface area contributed by atoms with Gasteiger partial charge in [-0.25, -0.2) is 0 Å². The Morgan fingerprint density at radius 2 is 1.68 bits per heavy atom. The summed E-state index contributed by atoms with van der Waals surface area (Å²) < 4.78 is 0. The van der Waals surface area contributed by atoms with Crippen molar-refractivity contribution in [3.8, 4) is 0 Å². The normalized spacial score (nSPS) is 13.4. The maximum Gasteiger partial charge on any atom is 0.306 e. The molecule has 0 heterocycles. The van der Waals surface area contributed by atoms with Crippen LogP contribution >= 0.6 is 0 Å². The van der Waals surface area contributed by atoms with Crippen LogP contribution in [0.2, 0.25) is 0 Å². The Balaban J connectivity index is 3.73. The highest BCUT2D eigenvalue weighted by molar-refractivity contribution is 5.70. The lowest BCUT2D eigenvalue weighted by atomic mass is 9.98. The number of hydrogen-bond acceptors (Lipinski definition) is 1. The molecular formula is C17H30O2. The molecule has 110 valence electrons. The van der Waals surface area contributed by atoms with Gasteiger partial charge in [0, 0.05) is 0 Å². The van der Waals surface area contributed by atoms with Gasteiger partial charge in [0.1, 0.15) is 0 Å². The van der Waals surface area contributed by atoms with Crippen LogP contribution in [0.1, 0.15) is 71.6 Å². The van der Waals surface area contributed by atoms with E-state index in [4.69, 9.17) is 5.11 Å². The van der Waals surface area contributed by atoms with Gasteiger partial charge in [-0.15, -0.1) is 0 Å². The van der Waals surface area contributed by atoms with Gasteiger partial charge in [0.05, 0.1) is 5.92 Å². The molecule has 0 radical (unpaired) electrons. The van der Waals surface area contributed by atoms with Gasteiger partial charge >= 0.3 is 5.97 Å². The second kappa shape index (κ2) is 13.4. The van der Waals surface area contributed by atoms with Gasteiger partial charge in [-0.2, -0.15) is 0 Å². The number of carbonyl (C=O) groups is 1. The first-order chi connectivity index (χ1) is 9.22. The molecule has 1 unspecified atom stereocenters. The Kier molecular flexibility index (Phi) is 12.6. The van der Waals surface area contributed by atoms with Crippen LogP contribution in [0, 0.1) is 5.92 Å². The van der Waals surface area contributed by atoms with Crippen molar-refractivity contribution in [2.45, 2.75) is 71.6 Å². The van der Waals surface area contributed by atoms with Crippen LogP contribution in [-0.4, -0.2) is 11.1 Å². The lowest BCUT2D eigenvalue weighted by molar-refractivity contribution is -0.141. The summed E-state index contributed by atoms with van der Waals surface area (Å²) in [6.45, 7) is 4.31. The first kappa shape index (κ1) is 17.9. The molecule has 2 heteroatoms. The van der Waals surface area contributed by atoms with Crippen LogP contribution in [0.25, 0.3) is 0 Å². The van der Waals surface area contributed by atoms with Crippen molar-refractivity contribution >= 4 is 5.97 Å². The van der Waals surface area contributed by atoms with Gasteiger partial charge in [0.25, 0.3) is 0 Å². The summed E-state index contributed by atoms with van der Waals surface area (Å²) in [4.78, 5) is 11.0. The monoisotopic (exact) mass is 266 g/mol. The molecule has 0 amide bonds. The van der Waals surface area contributed by atoms with Crippen LogP contribution in [0.5, 0.6) is 0 Å². The molecular weight excluding hydrogens is 236 g/mol. The van der Waals surface area contributed by atoms with Crippen LogP contribution < -0.4 is 0 Å². The zero-order chi connectivity index (χ0) is 14.3. The second-order valence-electron chi connectivity index (χ2n) is 5.12. The lowest BCUT2D eigenvalue weighted by Crippen LogP contribution is -2.12. The third-order valence-electron chi connectivity index (χ3n) is 3.28. The number of unbranched alkanes of at least 4 members (excludes halogenated alkanes) is 5. The van der Waals surface area contributed by atoms with E-state index in [1.54, 1.807) is 0 Å². The molecule has 2 nitrogen and oxygen atoms in total. The SMILES string of the molecule is CCCCCC/C=C\C=C\CC(CCCC)C(=O)O. The first-order valence-electron chi connectivity index (χ1n) is 7.76. The predicted molar refractivity (Wildman–Crippen MR) is 82.3 cm³/mol. The van der Waals surface area contributed by atoms with Crippen molar-refractivity contribution in [1.82, 2.24) is 0 Å². The van der Waals surface area contributed by atoms with Crippen LogP contribution in [0.3, 0.4) is 0 Å². The highest BCUT2D eigenvalue weighted by Gasteiger charge is 2.14. The van der Waals surface area contributed by atoms with E-state index in [2.05, 4.69) is 19.9 Å². The molecule has 0 aliphatic carbocycles. The van der Waals surface area contributed by atoms with E-state index in [-0.39, 0.29) is 5.92 Å². The van der Waals surface area contributed by atoms with E-state index in [1.807, 2.05) is 18.2 Å². The fourth-order valence-electron chi connectivity index (χ4n) is 1.98. The summed E-state index contributed by atoms with van der Waals surface area (Å²) in [7, 11) is 0. The molecule has 0 aromatic rings. The standard InChI is InChI=1S/C17H30O2/c1-3-5-7-8-9-10-11-12-13-15-16(17(18)19)14-6-4-2/h10-13,16H,3-9,14-15H2,1-2H3,(H,18,19)/b11-10-,13-12+. The molecule has 0 saturated heterocycles. The summed E-state index contributed by atoms with van der Waals surface area (Å²) in [5.41, 5.74) is 0. The number of allylic oxidation sites excluding steroid dienone is 4. The fourth-order valence-corrected chi connectivity index (χ4v) is 1.98. The lowest BCUT2D eigenvalue weighted by Gasteiger charge is -2.07. The number of hydrogen-bond donors (Lipinski definition) is 1. The van der Waals surface area contributed by atoms with Gasteiger partial charge in [0.2, 0.25) is 0 Å². The zero-order valence-corrected chi connectivity index (χ0v) is 12.6. The van der Waals surface area contributed by atoms with Crippen LogP contribution in [0.15, 0.2) is 24.3 Å². The van der Waals surface area contributed by atoms with Crippen molar-refractivity contribution in [3.63, 3.8) is 0 Å². The van der Waals surface area contributed by atoms with Gasteiger partial charge < -0.3 is 5.11 Å². The van der Waals surface area contributed by atoms with Gasteiger partial charge in [-0.1, -0.05) is 70.3 Å². The molecule has 0 aromatic carbocycles. The predicted octanol–water partition coefficient (Wildman–Crippen LogP) is 5.35. The highest BCUT2D eigenvalue weighted by atomic mass is 16.4. The Labute approximate surface area is 118 Å². The van der Waals surface area contributed by atoms with Crippen molar-refractivity contribution in [3.05, 3.63) is 24.3 Å². The molecule has 0 aliphatic rings. The van der Waals surface area contributed by atoms with E-state index < -0.39 is 5.97 Å². The van der Waals surface area contributed by atoms with E-state index >= 15 is 0 Å². The average Bonchev–Trinajstić information content (AvgIpc) is 2.39. The van der Waals surface area contributed by atoms with E-state index in [1.165, 1.54) is 25.7 Å². The highest BCUT2D eigenvalue weighted by Crippen LogP contribution is 2.13. The largest absolute Gasteiger partial charge is 0.481 e. The van der Waals surface area contributed by atoms with Gasteiger partial charge in [-0.3, -0.25) is 4.79 Å². The van der Waals surface area contributed by atoms with E-state index in [9.17, 15) is 4.79 Å². The van der Waals surface area contributed by atoms with Gasteiger partial charge in [0.15, 0.2) is 0 Å². The molecule has 0 saturated carbocycles. The topological polar surface area (TPSA) is 37.3 Å². The molecule has 0 aromatic heterocycles. The third kappa shape index (κ3) is 11.8. The van der Waals surface area contributed by atoms with Crippen molar-refractivity contribution in [2.24, 2.45) is 5.92 Å². The van der Waals surface area contributed by atoms with E-state index in [0.29, 0.717) is 6.42 Å². The van der Waals surface area contributed by atoms with E-state index in [0.717, 1.165) is 25.7 Å². The molecule has 1 N–H and O–H groups in total. The summed E-state index contributed by atoms with van der Waals surface area (Å²) in [6, 6.07) is 0. The van der Waals surface area contributed by atoms with Crippen molar-refractivity contribution in [2.75, 3.05) is 0 Å². The maximum atomic E-state index is 11.0. The fraction of sp³-hybridized carbons (Fsp3) is 0.706. The minimum atomic E-state index is -0.665. The Morgan fingerprint density at radius 1 is 1.00 bits per heavy atom. The molecule has 0 bridgehead atoms. The molecule has 0 aliphatic heterocycles. The summed E-state index contributed by atoms with van der Waals surface area (Å²) >= 11 is 0. The molecule has 19 heavy (non-hydrogen) atoms. The number of carboxylic acids is 1. The minimum absolute atomic E-state index is 0.214. The quantitative estimate of drug-likeness (QED) is 0.382. The number of carboxylic acid groups (broad SMARTS) is 1. The maximum absolute atomic E-state index is 11.0. The molecule has 1 atom stereocenters. The molecule has 0 spiro atoms.